The topological polar surface area (TPSA) is 78.3 Å². The normalized spacial score (nSPS) is 9.95. The average molecular weight is 285 g/mol. The lowest BCUT2D eigenvalue weighted by atomic mass is 10.0. The highest BCUT2D eigenvalue weighted by Gasteiger charge is 2.17. The van der Waals surface area contributed by atoms with Gasteiger partial charge in [-0.3, -0.25) is 0 Å². The highest BCUT2D eigenvalue weighted by atomic mass is 15.4. The number of rotatable bonds is 2. The van der Waals surface area contributed by atoms with Gasteiger partial charge < -0.3 is 0 Å². The van der Waals surface area contributed by atoms with E-state index < -0.39 is 0 Å². The summed E-state index contributed by atoms with van der Waals surface area (Å²) in [5.41, 5.74) is 3.87. The number of benzene rings is 2. The molecular weight excluding hydrogens is 274 g/mol. The van der Waals surface area contributed by atoms with Crippen molar-refractivity contribution in [2.45, 2.75) is 6.92 Å². The molecule has 22 heavy (non-hydrogen) atoms. The summed E-state index contributed by atoms with van der Waals surface area (Å²) in [6.07, 6.45) is 0. The molecule has 5 nitrogen and oxygen atoms in total. The van der Waals surface area contributed by atoms with Crippen LogP contribution < -0.4 is 0 Å². The average Bonchev–Trinajstić information content (AvgIpc) is 2.96. The lowest BCUT2D eigenvalue weighted by Crippen LogP contribution is -2.03. The van der Waals surface area contributed by atoms with Crippen molar-refractivity contribution in [3.8, 4) is 29.1 Å². The minimum absolute atomic E-state index is 0.503. The summed E-state index contributed by atoms with van der Waals surface area (Å²) in [5.74, 6) is 0. The van der Waals surface area contributed by atoms with Crippen LogP contribution in [0.25, 0.3) is 16.9 Å². The molecule has 5 heteroatoms. The molecule has 0 aliphatic carbocycles. The Balaban J connectivity index is 2.31. The standard InChI is InChI=1S/C17H11N5/c1-12-17(15-8-4-2-6-13(15)10-18)22(21-20-12)16-9-5-3-7-14(16)11-19/h2-9H,1H3. The molecule has 0 spiro atoms. The van der Waals surface area contributed by atoms with E-state index in [1.807, 2.05) is 37.3 Å². The van der Waals surface area contributed by atoms with Crippen LogP contribution in [0.15, 0.2) is 48.5 Å². The Morgan fingerprint density at radius 3 is 2.27 bits per heavy atom. The van der Waals surface area contributed by atoms with Gasteiger partial charge in [0.1, 0.15) is 6.07 Å². The lowest BCUT2D eigenvalue weighted by Gasteiger charge is -2.09. The number of nitrogens with zero attached hydrogens (tertiary/aromatic N) is 5. The summed E-state index contributed by atoms with van der Waals surface area (Å²) in [6, 6.07) is 18.8. The van der Waals surface area contributed by atoms with Gasteiger partial charge in [-0.1, -0.05) is 35.5 Å². The fourth-order valence-corrected chi connectivity index (χ4v) is 2.37. The van der Waals surface area contributed by atoms with Gasteiger partial charge in [0.2, 0.25) is 0 Å². The maximum Gasteiger partial charge on any atom is 0.101 e. The van der Waals surface area contributed by atoms with Crippen LogP contribution >= 0.6 is 0 Å². The summed E-state index contributed by atoms with van der Waals surface area (Å²) in [4.78, 5) is 0. The van der Waals surface area contributed by atoms with E-state index in [1.165, 1.54) is 0 Å². The van der Waals surface area contributed by atoms with Gasteiger partial charge >= 0.3 is 0 Å². The van der Waals surface area contributed by atoms with E-state index in [0.717, 1.165) is 11.3 Å². The van der Waals surface area contributed by atoms with Gasteiger partial charge in [0.25, 0.3) is 0 Å². The molecule has 3 rings (SSSR count). The number of hydrogen-bond donors (Lipinski definition) is 0. The molecule has 0 saturated carbocycles. The maximum atomic E-state index is 9.32. The molecule has 0 radical (unpaired) electrons. The zero-order valence-corrected chi connectivity index (χ0v) is 11.9. The second kappa shape index (κ2) is 5.51. The fraction of sp³-hybridized carbons (Fsp3) is 0.0588. The molecule has 2 aromatic carbocycles. The highest BCUT2D eigenvalue weighted by Crippen LogP contribution is 2.28. The first-order chi connectivity index (χ1) is 10.8. The van der Waals surface area contributed by atoms with Crippen molar-refractivity contribution in [1.29, 1.82) is 10.5 Å². The maximum absolute atomic E-state index is 9.32. The third kappa shape index (κ3) is 2.11. The van der Waals surface area contributed by atoms with E-state index in [1.54, 1.807) is 22.9 Å². The highest BCUT2D eigenvalue weighted by molar-refractivity contribution is 5.71. The second-order valence-electron chi connectivity index (χ2n) is 4.72. The third-order valence-corrected chi connectivity index (χ3v) is 3.39. The molecule has 1 heterocycles. The van der Waals surface area contributed by atoms with Crippen molar-refractivity contribution < 1.29 is 0 Å². The smallest absolute Gasteiger partial charge is 0.101 e. The molecule has 3 aromatic rings. The van der Waals surface area contributed by atoms with Crippen LogP contribution in [-0.4, -0.2) is 15.0 Å². The van der Waals surface area contributed by atoms with Crippen molar-refractivity contribution in [3.05, 3.63) is 65.4 Å². The second-order valence-corrected chi connectivity index (χ2v) is 4.72. The van der Waals surface area contributed by atoms with Gasteiger partial charge in [0.05, 0.1) is 34.3 Å². The summed E-state index contributed by atoms with van der Waals surface area (Å²) in [7, 11) is 0. The number of para-hydroxylation sites is 1. The van der Waals surface area contributed by atoms with Gasteiger partial charge in [-0.2, -0.15) is 10.5 Å². The van der Waals surface area contributed by atoms with Gasteiger partial charge in [-0.05, 0) is 25.1 Å². The largest absolute Gasteiger partial charge is 0.211 e. The van der Waals surface area contributed by atoms with Crippen molar-refractivity contribution in [3.63, 3.8) is 0 Å². The SMILES string of the molecule is Cc1nnn(-c2ccccc2C#N)c1-c1ccccc1C#N. The molecule has 1 aromatic heterocycles. The zero-order chi connectivity index (χ0) is 15.5. The first-order valence-corrected chi connectivity index (χ1v) is 6.67. The van der Waals surface area contributed by atoms with Crippen molar-refractivity contribution >= 4 is 0 Å². The Labute approximate surface area is 127 Å². The van der Waals surface area contributed by atoms with Crippen LogP contribution in [0.5, 0.6) is 0 Å². The molecule has 0 aliphatic heterocycles. The molecule has 0 aliphatic rings. The quantitative estimate of drug-likeness (QED) is 0.725. The first-order valence-electron chi connectivity index (χ1n) is 6.67. The van der Waals surface area contributed by atoms with Crippen LogP contribution in [-0.2, 0) is 0 Å². The lowest BCUT2D eigenvalue weighted by molar-refractivity contribution is 0.803. The van der Waals surface area contributed by atoms with Crippen molar-refractivity contribution in [1.82, 2.24) is 15.0 Å². The van der Waals surface area contributed by atoms with E-state index in [4.69, 9.17) is 0 Å². The van der Waals surface area contributed by atoms with Gasteiger partial charge in [0, 0.05) is 5.56 Å². The number of aryl methyl sites for hydroxylation is 1. The van der Waals surface area contributed by atoms with Crippen LogP contribution in [0.1, 0.15) is 16.8 Å². The Morgan fingerprint density at radius 1 is 0.909 bits per heavy atom. The predicted molar refractivity (Wildman–Crippen MR) is 81.0 cm³/mol. The minimum Gasteiger partial charge on any atom is -0.211 e. The molecule has 0 fully saturated rings. The van der Waals surface area contributed by atoms with Crippen LogP contribution in [0.2, 0.25) is 0 Å². The molecule has 104 valence electrons. The Kier molecular flexibility index (Phi) is 3.39. The van der Waals surface area contributed by atoms with Crippen LogP contribution in [0, 0.1) is 29.6 Å². The van der Waals surface area contributed by atoms with Gasteiger partial charge in [-0.15, -0.1) is 5.10 Å². The predicted octanol–water partition coefficient (Wildman–Crippen LogP) is 2.99. The number of nitriles is 2. The van der Waals surface area contributed by atoms with Crippen LogP contribution in [0.3, 0.4) is 0 Å². The summed E-state index contributed by atoms with van der Waals surface area (Å²) < 4.78 is 1.62. The summed E-state index contributed by atoms with van der Waals surface area (Å²) in [5, 5.41) is 26.9. The third-order valence-electron chi connectivity index (χ3n) is 3.39. The molecule has 0 N–H and O–H groups in total. The van der Waals surface area contributed by atoms with Gasteiger partial charge in [0.15, 0.2) is 0 Å². The Bertz CT molecular complexity index is 925. The van der Waals surface area contributed by atoms with Crippen LogP contribution in [0.4, 0.5) is 0 Å². The summed E-state index contributed by atoms with van der Waals surface area (Å²) in [6.45, 7) is 1.84. The fourth-order valence-electron chi connectivity index (χ4n) is 2.37. The minimum atomic E-state index is 0.503. The van der Waals surface area contributed by atoms with Gasteiger partial charge in [-0.25, -0.2) is 4.68 Å². The first kappa shape index (κ1) is 13.5. The van der Waals surface area contributed by atoms with Crippen molar-refractivity contribution in [2.24, 2.45) is 0 Å². The zero-order valence-electron chi connectivity index (χ0n) is 11.9. The van der Waals surface area contributed by atoms with E-state index in [9.17, 15) is 10.5 Å². The van der Waals surface area contributed by atoms with Crippen molar-refractivity contribution in [2.75, 3.05) is 0 Å². The van der Waals surface area contributed by atoms with E-state index >= 15 is 0 Å². The Morgan fingerprint density at radius 2 is 1.55 bits per heavy atom. The molecular formula is C17H11N5. The molecule has 0 atom stereocenters. The van der Waals surface area contributed by atoms with E-state index in [2.05, 4.69) is 22.5 Å². The number of hydrogen-bond acceptors (Lipinski definition) is 4. The van der Waals surface area contributed by atoms with E-state index in [0.29, 0.717) is 22.5 Å². The Hall–Kier alpha value is -3.44. The summed E-state index contributed by atoms with van der Waals surface area (Å²) >= 11 is 0. The molecule has 0 bridgehead atoms. The number of aromatic nitrogens is 3. The molecule has 0 unspecified atom stereocenters. The molecule has 0 saturated heterocycles. The monoisotopic (exact) mass is 285 g/mol. The molecule has 0 amide bonds. The van der Waals surface area contributed by atoms with E-state index in [-0.39, 0.29) is 0 Å².